The van der Waals surface area contributed by atoms with E-state index in [9.17, 15) is 0 Å². The van der Waals surface area contributed by atoms with Crippen LogP contribution in [0.2, 0.25) is 0 Å². The maximum atomic E-state index is 5.47. The fraction of sp³-hybridized carbons (Fsp3) is 0.333. The van der Waals surface area contributed by atoms with Crippen LogP contribution in [0.3, 0.4) is 0 Å². The molecular weight excluding hydrogens is 156 g/mol. The zero-order valence-electron chi connectivity index (χ0n) is 6.41. The molecule has 2 bridgehead atoms. The number of rotatable bonds is 0. The smallest absolute Gasteiger partial charge is 0.137 e. The Bertz CT molecular complexity index is 226. The fourth-order valence-electron chi connectivity index (χ4n) is 1.24. The minimum atomic E-state index is 0.462. The average Bonchev–Trinajstić information content (AvgIpc) is 2.17. The van der Waals surface area contributed by atoms with E-state index in [0.717, 1.165) is 11.7 Å². The van der Waals surface area contributed by atoms with Gasteiger partial charge in [-0.15, -0.1) is 0 Å². The number of hydrogen-bond acceptors (Lipinski definition) is 2. The van der Waals surface area contributed by atoms with Gasteiger partial charge in [-0.3, -0.25) is 0 Å². The number of fused-ring (bicyclic) bond motifs is 2. The van der Waals surface area contributed by atoms with Crippen molar-refractivity contribution in [3.05, 3.63) is 35.0 Å². The monoisotopic (exact) mass is 166 g/mol. The molecule has 1 fully saturated rings. The summed E-state index contributed by atoms with van der Waals surface area (Å²) in [6.45, 7) is 2.18. The molecule has 1 heterocycles. The topological polar surface area (TPSA) is 9.23 Å². The van der Waals surface area contributed by atoms with Gasteiger partial charge in [-0.2, -0.15) is 0 Å². The van der Waals surface area contributed by atoms with E-state index in [1.54, 1.807) is 11.8 Å². The van der Waals surface area contributed by atoms with Crippen molar-refractivity contribution in [1.82, 2.24) is 0 Å². The third kappa shape index (κ3) is 1.23. The molecule has 0 aromatic carbocycles. The summed E-state index contributed by atoms with van der Waals surface area (Å²) in [7, 11) is 0. The average molecular weight is 166 g/mol. The Kier molecular flexibility index (Phi) is 1.78. The number of thioether (sulfide) groups is 1. The molecule has 0 N–H and O–H groups in total. The van der Waals surface area contributed by atoms with Gasteiger partial charge in [-0.05, 0) is 11.0 Å². The minimum absolute atomic E-state index is 0.462. The van der Waals surface area contributed by atoms with Crippen LogP contribution in [0.25, 0.3) is 0 Å². The third-order valence-corrected chi connectivity index (χ3v) is 3.00. The molecule has 0 aromatic rings. The zero-order valence-corrected chi connectivity index (χ0v) is 7.23. The summed E-state index contributed by atoms with van der Waals surface area (Å²) < 4.78 is 5.47. The maximum absolute atomic E-state index is 5.47. The summed E-state index contributed by atoms with van der Waals surface area (Å²) in [5.41, 5.74) is 0. The third-order valence-electron chi connectivity index (χ3n) is 1.94. The van der Waals surface area contributed by atoms with E-state index in [1.807, 2.05) is 12.2 Å². The molecule has 2 rings (SSSR count). The predicted octanol–water partition coefficient (Wildman–Crippen LogP) is 2.68. The number of hydrogen-bond donors (Lipinski definition) is 0. The van der Waals surface area contributed by atoms with E-state index in [0.29, 0.717) is 5.92 Å². The molecule has 0 radical (unpaired) electrons. The van der Waals surface area contributed by atoms with Crippen LogP contribution in [0.15, 0.2) is 35.0 Å². The van der Waals surface area contributed by atoms with Gasteiger partial charge in [0.15, 0.2) is 0 Å². The van der Waals surface area contributed by atoms with E-state index >= 15 is 0 Å². The summed E-state index contributed by atoms with van der Waals surface area (Å²) in [5, 5.41) is 0. The summed E-state index contributed by atoms with van der Waals surface area (Å²) in [4.78, 5) is 1.41. The normalized spacial score (nSPS) is 28.3. The van der Waals surface area contributed by atoms with Crippen molar-refractivity contribution >= 4 is 11.8 Å². The SMILES string of the molecule is CC1C2=CC=CC=C1SCO2. The van der Waals surface area contributed by atoms with Crippen molar-refractivity contribution in [3.8, 4) is 0 Å². The van der Waals surface area contributed by atoms with Crippen LogP contribution in [0.5, 0.6) is 0 Å². The van der Waals surface area contributed by atoms with Gasteiger partial charge in [-0.25, -0.2) is 0 Å². The van der Waals surface area contributed by atoms with Crippen LogP contribution in [0, 0.1) is 5.92 Å². The predicted molar refractivity (Wildman–Crippen MR) is 48.0 cm³/mol. The first-order valence-electron chi connectivity index (χ1n) is 3.72. The Labute approximate surface area is 70.8 Å². The van der Waals surface area contributed by atoms with Crippen LogP contribution in [-0.4, -0.2) is 5.94 Å². The first-order chi connectivity index (χ1) is 5.38. The molecule has 11 heavy (non-hydrogen) atoms. The Morgan fingerprint density at radius 1 is 1.45 bits per heavy atom. The lowest BCUT2D eigenvalue weighted by Crippen LogP contribution is -2.10. The Hall–Kier alpha value is -0.630. The van der Waals surface area contributed by atoms with Gasteiger partial charge in [0.25, 0.3) is 0 Å². The van der Waals surface area contributed by atoms with Gasteiger partial charge < -0.3 is 4.74 Å². The molecule has 58 valence electrons. The Morgan fingerprint density at radius 2 is 2.27 bits per heavy atom. The lowest BCUT2D eigenvalue weighted by molar-refractivity contribution is 0.237. The Morgan fingerprint density at radius 3 is 3.18 bits per heavy atom. The first kappa shape index (κ1) is 7.04. The van der Waals surface area contributed by atoms with Crippen LogP contribution in [-0.2, 0) is 4.74 Å². The molecule has 1 aliphatic carbocycles. The Balaban J connectivity index is 2.38. The lowest BCUT2D eigenvalue weighted by atomic mass is 10.1. The molecule has 1 unspecified atom stereocenters. The molecule has 0 aromatic heterocycles. The zero-order chi connectivity index (χ0) is 7.68. The lowest BCUT2D eigenvalue weighted by Gasteiger charge is -2.24. The fourth-order valence-corrected chi connectivity index (χ4v) is 2.11. The molecule has 1 nitrogen and oxygen atoms in total. The van der Waals surface area contributed by atoms with E-state index in [4.69, 9.17) is 4.74 Å². The second kappa shape index (κ2) is 2.78. The summed E-state index contributed by atoms with van der Waals surface area (Å²) in [5.74, 6) is 2.33. The van der Waals surface area contributed by atoms with Crippen LogP contribution in [0.1, 0.15) is 6.92 Å². The van der Waals surface area contributed by atoms with E-state index in [1.165, 1.54) is 4.91 Å². The maximum Gasteiger partial charge on any atom is 0.137 e. The quantitative estimate of drug-likeness (QED) is 0.547. The van der Waals surface area contributed by atoms with Gasteiger partial charge in [-0.1, -0.05) is 36.9 Å². The summed E-state index contributed by atoms with van der Waals surface area (Å²) >= 11 is 1.79. The second-order valence-electron chi connectivity index (χ2n) is 2.65. The number of ether oxygens (including phenoxy) is 1. The first-order valence-corrected chi connectivity index (χ1v) is 4.70. The van der Waals surface area contributed by atoms with E-state index in [-0.39, 0.29) is 0 Å². The van der Waals surface area contributed by atoms with Crippen LogP contribution < -0.4 is 0 Å². The largest absolute Gasteiger partial charge is 0.486 e. The van der Waals surface area contributed by atoms with Gasteiger partial charge in [0.2, 0.25) is 0 Å². The number of allylic oxidation sites excluding steroid dienone is 5. The van der Waals surface area contributed by atoms with Crippen molar-refractivity contribution in [2.45, 2.75) is 6.92 Å². The molecule has 1 atom stereocenters. The summed E-state index contributed by atoms with van der Waals surface area (Å²) in [6, 6.07) is 0. The van der Waals surface area contributed by atoms with Crippen LogP contribution >= 0.6 is 11.8 Å². The van der Waals surface area contributed by atoms with E-state index in [2.05, 4.69) is 19.1 Å². The highest BCUT2D eigenvalue weighted by molar-refractivity contribution is 8.03. The van der Waals surface area contributed by atoms with Gasteiger partial charge >= 0.3 is 0 Å². The highest BCUT2D eigenvalue weighted by Gasteiger charge is 2.21. The standard InChI is InChI=1S/C9H10OS/c1-7-8-4-2-3-5-9(7)11-6-10-8/h2-5,7H,6H2,1H3. The van der Waals surface area contributed by atoms with Gasteiger partial charge in [0.05, 0.1) is 0 Å². The molecule has 2 aliphatic rings. The van der Waals surface area contributed by atoms with Crippen molar-refractivity contribution in [3.63, 3.8) is 0 Å². The highest BCUT2D eigenvalue weighted by Crippen LogP contribution is 2.36. The molecule has 0 amide bonds. The molecule has 0 saturated carbocycles. The summed E-state index contributed by atoms with van der Waals surface area (Å²) in [6.07, 6.45) is 8.32. The minimum Gasteiger partial charge on any atom is -0.486 e. The van der Waals surface area contributed by atoms with Crippen molar-refractivity contribution in [1.29, 1.82) is 0 Å². The van der Waals surface area contributed by atoms with Crippen LogP contribution in [0.4, 0.5) is 0 Å². The van der Waals surface area contributed by atoms with Crippen molar-refractivity contribution in [2.24, 2.45) is 5.92 Å². The molecule has 1 saturated heterocycles. The molecule has 1 aliphatic heterocycles. The molecule has 2 heteroatoms. The molecule has 0 spiro atoms. The van der Waals surface area contributed by atoms with Crippen molar-refractivity contribution in [2.75, 3.05) is 5.94 Å². The van der Waals surface area contributed by atoms with E-state index < -0.39 is 0 Å². The highest BCUT2D eigenvalue weighted by atomic mass is 32.2. The van der Waals surface area contributed by atoms with Crippen molar-refractivity contribution < 1.29 is 4.74 Å². The molecular formula is C9H10OS. The second-order valence-corrected chi connectivity index (χ2v) is 3.65. The van der Waals surface area contributed by atoms with Gasteiger partial charge in [0.1, 0.15) is 11.7 Å². The van der Waals surface area contributed by atoms with Gasteiger partial charge in [0, 0.05) is 5.92 Å².